The number of guanidine groups is 1. The molecule has 0 spiro atoms. The summed E-state index contributed by atoms with van der Waals surface area (Å²) in [4.78, 5) is 15.9. The molecule has 1 unspecified atom stereocenters. The van der Waals surface area contributed by atoms with Crippen molar-refractivity contribution in [2.75, 3.05) is 20.2 Å². The van der Waals surface area contributed by atoms with Gasteiger partial charge in [-0.2, -0.15) is 0 Å². The molecule has 3 N–H and O–H groups in total. The molecule has 0 aliphatic carbocycles. The Morgan fingerprint density at radius 3 is 2.52 bits per heavy atom. The van der Waals surface area contributed by atoms with Crippen molar-refractivity contribution in [2.24, 2.45) is 10.9 Å². The number of rotatable bonds is 9. The van der Waals surface area contributed by atoms with Gasteiger partial charge in [-0.25, -0.2) is 4.79 Å². The number of aromatic nitrogens is 1. The van der Waals surface area contributed by atoms with Crippen molar-refractivity contribution in [3.05, 3.63) is 17.5 Å². The molecular formula is C18H34IN5O3. The molecule has 0 fully saturated rings. The summed E-state index contributed by atoms with van der Waals surface area (Å²) in [7, 11) is 1.70. The number of aliphatic imine (C=N–C) groups is 1. The normalized spacial score (nSPS) is 12.5. The van der Waals surface area contributed by atoms with Crippen LogP contribution in [0.1, 0.15) is 58.4 Å². The molecule has 1 aromatic rings. The summed E-state index contributed by atoms with van der Waals surface area (Å²) in [6, 6.07) is 1.89. The van der Waals surface area contributed by atoms with E-state index in [1.54, 1.807) is 14.0 Å². The highest BCUT2D eigenvalue weighted by atomic mass is 127. The average Bonchev–Trinajstić information content (AvgIpc) is 3.03. The Labute approximate surface area is 179 Å². The van der Waals surface area contributed by atoms with Crippen LogP contribution in [0.25, 0.3) is 0 Å². The van der Waals surface area contributed by atoms with Gasteiger partial charge >= 0.3 is 6.09 Å². The van der Waals surface area contributed by atoms with E-state index in [2.05, 4.69) is 53.8 Å². The van der Waals surface area contributed by atoms with Gasteiger partial charge in [0.2, 0.25) is 0 Å². The van der Waals surface area contributed by atoms with E-state index in [0.717, 1.165) is 17.9 Å². The van der Waals surface area contributed by atoms with Gasteiger partial charge in [0.25, 0.3) is 0 Å². The Morgan fingerprint density at radius 2 is 2.00 bits per heavy atom. The van der Waals surface area contributed by atoms with Crippen LogP contribution in [-0.2, 0) is 11.3 Å². The number of ether oxygens (including phenoxy) is 1. The number of amides is 1. The molecule has 1 atom stereocenters. The standard InChI is InChI=1S/C18H33N5O3.HI/c1-7-25-18(24)22-14(8-12(2)3)10-20-17(19-6)21-11-15-9-16(13(4)5)23-26-15;/h9,12-14H,7-8,10-11H2,1-6H3,(H,22,24)(H2,19,20,21);1H. The molecule has 0 saturated carbocycles. The van der Waals surface area contributed by atoms with Crippen LogP contribution in [0.4, 0.5) is 4.79 Å². The van der Waals surface area contributed by atoms with E-state index in [-0.39, 0.29) is 30.0 Å². The zero-order chi connectivity index (χ0) is 19.5. The molecule has 0 aromatic carbocycles. The second-order valence-corrected chi connectivity index (χ2v) is 6.87. The maximum Gasteiger partial charge on any atom is 0.407 e. The van der Waals surface area contributed by atoms with Crippen LogP contribution in [0, 0.1) is 5.92 Å². The van der Waals surface area contributed by atoms with Crippen LogP contribution < -0.4 is 16.0 Å². The number of hydrogen-bond acceptors (Lipinski definition) is 5. The van der Waals surface area contributed by atoms with Crippen LogP contribution in [0.5, 0.6) is 0 Å². The van der Waals surface area contributed by atoms with Gasteiger partial charge in [-0.15, -0.1) is 24.0 Å². The zero-order valence-corrected chi connectivity index (χ0v) is 19.5. The van der Waals surface area contributed by atoms with Gasteiger partial charge in [-0.05, 0) is 25.2 Å². The van der Waals surface area contributed by atoms with E-state index in [1.807, 2.05) is 6.07 Å². The molecule has 1 rings (SSSR count). The highest BCUT2D eigenvalue weighted by Crippen LogP contribution is 2.13. The Bertz CT molecular complexity index is 575. The predicted octanol–water partition coefficient (Wildman–Crippen LogP) is 3.24. The number of nitrogens with one attached hydrogen (secondary N) is 3. The number of nitrogens with zero attached hydrogens (tertiary/aromatic N) is 2. The van der Waals surface area contributed by atoms with E-state index in [1.165, 1.54) is 0 Å². The molecule has 1 amide bonds. The van der Waals surface area contributed by atoms with Gasteiger partial charge in [0, 0.05) is 25.7 Å². The molecule has 8 nitrogen and oxygen atoms in total. The summed E-state index contributed by atoms with van der Waals surface area (Å²) < 4.78 is 10.3. The van der Waals surface area contributed by atoms with E-state index >= 15 is 0 Å². The van der Waals surface area contributed by atoms with Gasteiger partial charge in [0.1, 0.15) is 0 Å². The smallest absolute Gasteiger partial charge is 0.407 e. The zero-order valence-electron chi connectivity index (χ0n) is 17.2. The third-order valence-electron chi connectivity index (χ3n) is 3.69. The molecule has 0 radical (unpaired) electrons. The fourth-order valence-electron chi connectivity index (χ4n) is 2.40. The van der Waals surface area contributed by atoms with Crippen molar-refractivity contribution in [2.45, 2.75) is 59.5 Å². The summed E-state index contributed by atoms with van der Waals surface area (Å²) in [6.45, 7) is 11.5. The summed E-state index contributed by atoms with van der Waals surface area (Å²) in [6.07, 6.45) is 0.439. The topological polar surface area (TPSA) is 101 Å². The third kappa shape index (κ3) is 10.4. The molecule has 1 aromatic heterocycles. The first kappa shape index (κ1) is 25.5. The predicted molar refractivity (Wildman–Crippen MR) is 118 cm³/mol. The maximum atomic E-state index is 11.7. The largest absolute Gasteiger partial charge is 0.450 e. The van der Waals surface area contributed by atoms with Gasteiger partial charge in [0.05, 0.1) is 18.8 Å². The number of carbonyl (C=O) groups is 1. The Kier molecular flexibility index (Phi) is 12.9. The first-order valence-corrected chi connectivity index (χ1v) is 9.18. The fourth-order valence-corrected chi connectivity index (χ4v) is 2.40. The Hall–Kier alpha value is -1.52. The molecule has 0 bridgehead atoms. The van der Waals surface area contributed by atoms with Crippen LogP contribution in [0.15, 0.2) is 15.6 Å². The maximum absolute atomic E-state index is 11.7. The van der Waals surface area contributed by atoms with E-state index < -0.39 is 6.09 Å². The minimum Gasteiger partial charge on any atom is -0.450 e. The van der Waals surface area contributed by atoms with Crippen LogP contribution in [0.2, 0.25) is 0 Å². The van der Waals surface area contributed by atoms with E-state index in [4.69, 9.17) is 9.26 Å². The molecular weight excluding hydrogens is 461 g/mol. The van der Waals surface area contributed by atoms with Crippen molar-refractivity contribution in [3.8, 4) is 0 Å². The van der Waals surface area contributed by atoms with Crippen molar-refractivity contribution in [1.29, 1.82) is 0 Å². The quantitative estimate of drug-likeness (QED) is 0.276. The van der Waals surface area contributed by atoms with Crippen molar-refractivity contribution >= 4 is 36.0 Å². The first-order chi connectivity index (χ1) is 12.3. The second kappa shape index (κ2) is 13.6. The lowest BCUT2D eigenvalue weighted by Gasteiger charge is -2.22. The van der Waals surface area contributed by atoms with Crippen molar-refractivity contribution in [1.82, 2.24) is 21.1 Å². The minimum absolute atomic E-state index is 0. The summed E-state index contributed by atoms with van der Waals surface area (Å²) >= 11 is 0. The number of halogens is 1. The summed E-state index contributed by atoms with van der Waals surface area (Å²) in [5, 5.41) is 13.3. The van der Waals surface area contributed by atoms with Crippen LogP contribution in [-0.4, -0.2) is 43.5 Å². The number of alkyl carbamates (subject to hydrolysis) is 1. The Morgan fingerprint density at radius 1 is 1.30 bits per heavy atom. The van der Waals surface area contributed by atoms with Gasteiger partial charge in [-0.1, -0.05) is 32.9 Å². The highest BCUT2D eigenvalue weighted by molar-refractivity contribution is 14.0. The molecule has 1 heterocycles. The Balaban J connectivity index is 0.00000676. The fraction of sp³-hybridized carbons (Fsp3) is 0.722. The lowest BCUT2D eigenvalue weighted by atomic mass is 10.0. The second-order valence-electron chi connectivity index (χ2n) is 6.87. The average molecular weight is 495 g/mol. The summed E-state index contributed by atoms with van der Waals surface area (Å²) in [5.74, 6) is 2.16. The van der Waals surface area contributed by atoms with E-state index in [9.17, 15) is 4.79 Å². The minimum atomic E-state index is -0.397. The van der Waals surface area contributed by atoms with Crippen LogP contribution >= 0.6 is 24.0 Å². The summed E-state index contributed by atoms with van der Waals surface area (Å²) in [5.41, 5.74) is 0.931. The van der Waals surface area contributed by atoms with Crippen LogP contribution in [0.3, 0.4) is 0 Å². The molecule has 156 valence electrons. The third-order valence-corrected chi connectivity index (χ3v) is 3.69. The molecule has 0 saturated heterocycles. The van der Waals surface area contributed by atoms with Gasteiger partial charge in [-0.3, -0.25) is 4.99 Å². The lowest BCUT2D eigenvalue weighted by Crippen LogP contribution is -2.47. The molecule has 0 aliphatic rings. The lowest BCUT2D eigenvalue weighted by molar-refractivity contribution is 0.146. The van der Waals surface area contributed by atoms with E-state index in [0.29, 0.717) is 37.5 Å². The van der Waals surface area contributed by atoms with Crippen molar-refractivity contribution < 1.29 is 14.1 Å². The van der Waals surface area contributed by atoms with Gasteiger partial charge < -0.3 is 25.2 Å². The number of hydrogen-bond donors (Lipinski definition) is 3. The van der Waals surface area contributed by atoms with Crippen molar-refractivity contribution in [3.63, 3.8) is 0 Å². The molecule has 9 heteroatoms. The monoisotopic (exact) mass is 495 g/mol. The van der Waals surface area contributed by atoms with Gasteiger partial charge in [0.15, 0.2) is 11.7 Å². The molecule has 0 aliphatic heterocycles. The molecule has 27 heavy (non-hydrogen) atoms. The highest BCUT2D eigenvalue weighted by Gasteiger charge is 2.15. The first-order valence-electron chi connectivity index (χ1n) is 9.18. The number of carbonyl (C=O) groups excluding carboxylic acids is 1. The SMILES string of the molecule is CCOC(=O)NC(CNC(=NC)NCc1cc(C(C)C)no1)CC(C)C.I.